The monoisotopic (exact) mass is 226 g/mol. The second-order valence-electron chi connectivity index (χ2n) is 3.76. The summed E-state index contributed by atoms with van der Waals surface area (Å²) in [4.78, 5) is 0. The highest BCUT2D eigenvalue weighted by molar-refractivity contribution is 7.06. The van der Waals surface area contributed by atoms with Gasteiger partial charge in [0.1, 0.15) is 8.11 Å². The molecule has 0 saturated heterocycles. The fourth-order valence-electron chi connectivity index (χ4n) is 1.63. The predicted molar refractivity (Wildman–Crippen MR) is 67.7 cm³/mol. The molecule has 0 radical (unpaired) electrons. The van der Waals surface area contributed by atoms with Crippen molar-refractivity contribution in [2.24, 2.45) is 0 Å². The Morgan fingerprint density at radius 3 is 2.50 bits per heavy atom. The SMILES string of the molecule is CCC[SiH](Cl)CCCc1ccccc1. The van der Waals surface area contributed by atoms with Gasteiger partial charge in [0.2, 0.25) is 0 Å². The Balaban J connectivity index is 2.16. The lowest BCUT2D eigenvalue weighted by atomic mass is 10.1. The third kappa shape index (κ3) is 4.82. The molecule has 0 fully saturated rings. The molecule has 78 valence electrons. The van der Waals surface area contributed by atoms with Crippen LogP contribution in [0.1, 0.15) is 25.3 Å². The lowest BCUT2D eigenvalue weighted by Crippen LogP contribution is -2.02. The molecule has 0 nitrogen and oxygen atoms in total. The van der Waals surface area contributed by atoms with Gasteiger partial charge in [0.25, 0.3) is 0 Å². The van der Waals surface area contributed by atoms with E-state index in [4.69, 9.17) is 11.1 Å². The average Bonchev–Trinajstić information content (AvgIpc) is 2.20. The molecule has 1 unspecified atom stereocenters. The molecule has 0 heterocycles. The van der Waals surface area contributed by atoms with Crippen LogP contribution in [0.4, 0.5) is 0 Å². The van der Waals surface area contributed by atoms with Gasteiger partial charge in [0, 0.05) is 0 Å². The first-order chi connectivity index (χ1) is 6.83. The van der Waals surface area contributed by atoms with Crippen molar-refractivity contribution < 1.29 is 0 Å². The summed E-state index contributed by atoms with van der Waals surface area (Å²) in [5, 5.41) is 0. The van der Waals surface area contributed by atoms with E-state index in [1.165, 1.54) is 36.9 Å². The summed E-state index contributed by atoms with van der Waals surface area (Å²) < 4.78 is 0. The molecule has 0 aromatic heterocycles. The smallest absolute Gasteiger partial charge is 0.141 e. The Labute approximate surface area is 93.6 Å². The van der Waals surface area contributed by atoms with Crippen molar-refractivity contribution >= 4 is 19.2 Å². The van der Waals surface area contributed by atoms with Crippen LogP contribution in [-0.4, -0.2) is 8.11 Å². The van der Waals surface area contributed by atoms with Gasteiger partial charge in [0.05, 0.1) is 0 Å². The first kappa shape index (κ1) is 11.8. The number of aryl methyl sites for hydroxylation is 1. The van der Waals surface area contributed by atoms with E-state index >= 15 is 0 Å². The molecular formula is C12H19ClSi. The maximum absolute atomic E-state index is 6.29. The zero-order chi connectivity index (χ0) is 10.2. The van der Waals surface area contributed by atoms with E-state index in [2.05, 4.69) is 37.3 Å². The van der Waals surface area contributed by atoms with E-state index in [0.717, 1.165) is 0 Å². The Hall–Kier alpha value is -0.273. The summed E-state index contributed by atoms with van der Waals surface area (Å²) in [6, 6.07) is 13.3. The minimum atomic E-state index is -0.871. The molecule has 14 heavy (non-hydrogen) atoms. The van der Waals surface area contributed by atoms with E-state index in [-0.39, 0.29) is 0 Å². The van der Waals surface area contributed by atoms with Crippen molar-refractivity contribution in [1.29, 1.82) is 0 Å². The van der Waals surface area contributed by atoms with E-state index < -0.39 is 8.11 Å². The number of benzene rings is 1. The van der Waals surface area contributed by atoms with Crippen LogP contribution in [0, 0.1) is 0 Å². The molecule has 0 spiro atoms. The number of rotatable bonds is 6. The number of hydrogen-bond acceptors (Lipinski definition) is 0. The summed E-state index contributed by atoms with van der Waals surface area (Å²) in [6.07, 6.45) is 3.72. The normalized spacial score (nSPS) is 12.7. The molecule has 1 aromatic carbocycles. The van der Waals surface area contributed by atoms with Crippen LogP contribution in [0.15, 0.2) is 30.3 Å². The van der Waals surface area contributed by atoms with Crippen molar-refractivity contribution in [2.45, 2.75) is 38.3 Å². The van der Waals surface area contributed by atoms with Gasteiger partial charge in [-0.25, -0.2) is 0 Å². The zero-order valence-corrected chi connectivity index (χ0v) is 10.8. The molecule has 0 aliphatic heterocycles. The summed E-state index contributed by atoms with van der Waals surface area (Å²) in [5.41, 5.74) is 1.45. The molecule has 0 bridgehead atoms. The summed E-state index contributed by atoms with van der Waals surface area (Å²) >= 11 is 6.29. The molecule has 0 aliphatic rings. The van der Waals surface area contributed by atoms with Gasteiger partial charge in [-0.2, -0.15) is 11.1 Å². The third-order valence-corrected chi connectivity index (χ3v) is 5.98. The van der Waals surface area contributed by atoms with Crippen LogP contribution in [0.25, 0.3) is 0 Å². The first-order valence-corrected chi connectivity index (χ1v) is 8.88. The van der Waals surface area contributed by atoms with Crippen molar-refractivity contribution in [3.63, 3.8) is 0 Å². The molecule has 1 atom stereocenters. The Kier molecular flexibility index (Phi) is 5.96. The first-order valence-electron chi connectivity index (χ1n) is 5.51. The predicted octanol–water partition coefficient (Wildman–Crippen LogP) is 3.99. The van der Waals surface area contributed by atoms with Gasteiger partial charge in [-0.1, -0.05) is 50.1 Å². The molecule has 0 N–H and O–H groups in total. The van der Waals surface area contributed by atoms with E-state index in [1.54, 1.807) is 0 Å². The van der Waals surface area contributed by atoms with Crippen LogP contribution in [0.3, 0.4) is 0 Å². The summed E-state index contributed by atoms with van der Waals surface area (Å²) in [5.74, 6) is 0. The fourth-order valence-corrected chi connectivity index (χ4v) is 4.31. The largest absolute Gasteiger partial charge is 0.172 e. The second kappa shape index (κ2) is 7.08. The number of hydrogen-bond donors (Lipinski definition) is 0. The highest BCUT2D eigenvalue weighted by atomic mass is 35.6. The summed E-state index contributed by atoms with van der Waals surface area (Å²) in [6.45, 7) is 2.22. The van der Waals surface area contributed by atoms with Gasteiger partial charge in [-0.3, -0.25) is 0 Å². The lowest BCUT2D eigenvalue weighted by molar-refractivity contribution is 0.904. The van der Waals surface area contributed by atoms with Crippen LogP contribution < -0.4 is 0 Å². The maximum atomic E-state index is 6.29. The second-order valence-corrected chi connectivity index (χ2v) is 7.96. The van der Waals surface area contributed by atoms with E-state index in [0.29, 0.717) is 0 Å². The maximum Gasteiger partial charge on any atom is 0.141 e. The molecule has 0 amide bonds. The van der Waals surface area contributed by atoms with E-state index in [9.17, 15) is 0 Å². The molecule has 1 rings (SSSR count). The highest BCUT2D eigenvalue weighted by Crippen LogP contribution is 2.12. The minimum absolute atomic E-state index is 0.871. The van der Waals surface area contributed by atoms with Crippen molar-refractivity contribution in [3.8, 4) is 0 Å². The Morgan fingerprint density at radius 1 is 1.14 bits per heavy atom. The van der Waals surface area contributed by atoms with Crippen LogP contribution >= 0.6 is 11.1 Å². The Morgan fingerprint density at radius 2 is 1.86 bits per heavy atom. The molecule has 1 aromatic rings. The molecule has 0 aliphatic carbocycles. The van der Waals surface area contributed by atoms with Gasteiger partial charge in [-0.15, -0.1) is 0 Å². The number of halogens is 1. The van der Waals surface area contributed by atoms with Crippen molar-refractivity contribution in [3.05, 3.63) is 35.9 Å². The standard InChI is InChI=1S/C12H19ClSi/c1-2-10-14(13)11-6-9-12-7-4-3-5-8-12/h3-5,7-8,14H,2,6,9-11H2,1H3. The topological polar surface area (TPSA) is 0 Å². The van der Waals surface area contributed by atoms with E-state index in [1.807, 2.05) is 0 Å². The minimum Gasteiger partial charge on any atom is -0.172 e. The molecule has 0 saturated carbocycles. The summed E-state index contributed by atoms with van der Waals surface area (Å²) in [7, 11) is -0.871. The third-order valence-electron chi connectivity index (χ3n) is 2.43. The van der Waals surface area contributed by atoms with Crippen LogP contribution in [-0.2, 0) is 6.42 Å². The molecular weight excluding hydrogens is 208 g/mol. The van der Waals surface area contributed by atoms with Gasteiger partial charge < -0.3 is 0 Å². The fraction of sp³-hybridized carbons (Fsp3) is 0.500. The van der Waals surface area contributed by atoms with Crippen molar-refractivity contribution in [1.82, 2.24) is 0 Å². The van der Waals surface area contributed by atoms with Gasteiger partial charge >= 0.3 is 0 Å². The molecule has 2 heteroatoms. The average molecular weight is 227 g/mol. The highest BCUT2D eigenvalue weighted by Gasteiger charge is 2.04. The zero-order valence-electron chi connectivity index (χ0n) is 8.88. The van der Waals surface area contributed by atoms with Crippen LogP contribution in [0.5, 0.6) is 0 Å². The van der Waals surface area contributed by atoms with Gasteiger partial charge in [0.15, 0.2) is 0 Å². The Bertz CT molecular complexity index is 235. The quantitative estimate of drug-likeness (QED) is 0.508. The lowest BCUT2D eigenvalue weighted by Gasteiger charge is -2.05. The van der Waals surface area contributed by atoms with Crippen molar-refractivity contribution in [2.75, 3.05) is 0 Å². The van der Waals surface area contributed by atoms with Gasteiger partial charge in [-0.05, 0) is 24.1 Å². The van der Waals surface area contributed by atoms with Crippen LogP contribution in [0.2, 0.25) is 12.1 Å².